The van der Waals surface area contributed by atoms with E-state index in [1.54, 1.807) is 23.6 Å². The molecule has 53 heavy (non-hydrogen) atoms. The first-order chi connectivity index (χ1) is 25.9. The Balaban J connectivity index is 1.43. The molecule has 0 N–H and O–H groups in total. The maximum Gasteiger partial charge on any atom is 0.338 e. The average molecular weight is 716 g/mol. The number of halogens is 1. The second kappa shape index (κ2) is 14.3. The standard InChI is InChI=1S/C45H34FN3O3S/c1-3-52-44(51)39-40(31-15-9-5-10-16-31)47-45-49(42(39)33-21-23-35(46)24-22-33)43(50)38(53-45)28-34-27-37(30-13-7-4-8-14-30)48(36-25-19-29(2)20-26-36)41(34)32-17-11-6-12-18-32/h4-28,42H,3H2,1-2H3/b38-28-/t42-/m1/s1. The molecule has 260 valence electrons. The van der Waals surface area contributed by atoms with E-state index in [0.717, 1.165) is 39.3 Å². The van der Waals surface area contributed by atoms with Crippen molar-refractivity contribution in [1.29, 1.82) is 0 Å². The van der Waals surface area contributed by atoms with Gasteiger partial charge in [-0.2, -0.15) is 0 Å². The first-order valence-corrected chi connectivity index (χ1v) is 18.2. The average Bonchev–Trinajstić information content (AvgIpc) is 3.72. The number of benzene rings is 5. The number of ether oxygens (including phenoxy) is 1. The highest BCUT2D eigenvalue weighted by atomic mass is 32.1. The van der Waals surface area contributed by atoms with Gasteiger partial charge in [-0.25, -0.2) is 14.2 Å². The summed E-state index contributed by atoms with van der Waals surface area (Å²) in [6.45, 7) is 3.94. The van der Waals surface area contributed by atoms with Crippen molar-refractivity contribution in [3.05, 3.63) is 199 Å². The van der Waals surface area contributed by atoms with Gasteiger partial charge >= 0.3 is 5.97 Å². The first kappa shape index (κ1) is 33.7. The van der Waals surface area contributed by atoms with Gasteiger partial charge < -0.3 is 9.30 Å². The summed E-state index contributed by atoms with van der Waals surface area (Å²) in [5.74, 6) is -1.01. The number of hydrogen-bond donors (Lipinski definition) is 0. The smallest absolute Gasteiger partial charge is 0.338 e. The van der Waals surface area contributed by atoms with Gasteiger partial charge in [-0.05, 0) is 66.9 Å². The van der Waals surface area contributed by atoms with Crippen LogP contribution in [0, 0.1) is 12.7 Å². The molecule has 8 rings (SSSR count). The molecular weight excluding hydrogens is 682 g/mol. The van der Waals surface area contributed by atoms with Crippen molar-refractivity contribution in [2.75, 3.05) is 6.61 Å². The van der Waals surface area contributed by atoms with Gasteiger partial charge in [0, 0.05) is 16.8 Å². The fourth-order valence-electron chi connectivity index (χ4n) is 6.86. The lowest BCUT2D eigenvalue weighted by Gasteiger charge is -2.25. The Hall–Kier alpha value is -6.38. The van der Waals surface area contributed by atoms with E-state index < -0.39 is 17.8 Å². The van der Waals surface area contributed by atoms with Gasteiger partial charge in [-0.1, -0.05) is 132 Å². The van der Waals surface area contributed by atoms with Crippen LogP contribution in [0.5, 0.6) is 0 Å². The predicted octanol–water partition coefficient (Wildman–Crippen LogP) is 8.51. The van der Waals surface area contributed by atoms with Gasteiger partial charge in [0.2, 0.25) is 0 Å². The van der Waals surface area contributed by atoms with Crippen molar-refractivity contribution in [3.63, 3.8) is 0 Å². The van der Waals surface area contributed by atoms with Crippen LogP contribution in [-0.2, 0) is 9.53 Å². The number of carbonyl (C=O) groups excluding carboxylic acids is 1. The maximum atomic E-state index is 14.8. The summed E-state index contributed by atoms with van der Waals surface area (Å²) >= 11 is 1.26. The number of carbonyl (C=O) groups is 1. The highest BCUT2D eigenvalue weighted by molar-refractivity contribution is 7.07. The van der Waals surface area contributed by atoms with E-state index in [1.165, 1.54) is 23.5 Å². The molecule has 0 radical (unpaired) electrons. The Kier molecular flexibility index (Phi) is 9.12. The second-order valence-corrected chi connectivity index (χ2v) is 13.7. The zero-order valence-electron chi connectivity index (χ0n) is 29.1. The Bertz CT molecular complexity index is 2660. The van der Waals surface area contributed by atoms with Crippen LogP contribution in [0.25, 0.3) is 40.0 Å². The first-order valence-electron chi connectivity index (χ1n) is 17.4. The van der Waals surface area contributed by atoms with E-state index in [2.05, 4.69) is 66.1 Å². The molecular formula is C45H34FN3O3S. The minimum Gasteiger partial charge on any atom is -0.463 e. The molecule has 0 spiro atoms. The van der Waals surface area contributed by atoms with Crippen LogP contribution in [0.3, 0.4) is 0 Å². The Morgan fingerprint density at radius 3 is 2.04 bits per heavy atom. The van der Waals surface area contributed by atoms with E-state index in [-0.39, 0.29) is 17.7 Å². The molecule has 1 atom stereocenters. The van der Waals surface area contributed by atoms with E-state index in [4.69, 9.17) is 9.73 Å². The lowest BCUT2D eigenvalue weighted by molar-refractivity contribution is -0.138. The minimum absolute atomic E-state index is 0.134. The van der Waals surface area contributed by atoms with Crippen molar-refractivity contribution in [2.24, 2.45) is 4.99 Å². The van der Waals surface area contributed by atoms with Crippen molar-refractivity contribution in [3.8, 4) is 28.2 Å². The molecule has 1 aliphatic heterocycles. The van der Waals surface area contributed by atoms with E-state index >= 15 is 0 Å². The van der Waals surface area contributed by atoms with Crippen LogP contribution >= 0.6 is 11.3 Å². The molecule has 0 unspecified atom stereocenters. The quantitative estimate of drug-likeness (QED) is 0.148. The summed E-state index contributed by atoms with van der Waals surface area (Å²) in [5, 5.41) is 0. The number of thiazole rings is 1. The van der Waals surface area contributed by atoms with Gasteiger partial charge in [0.15, 0.2) is 4.80 Å². The van der Waals surface area contributed by atoms with Gasteiger partial charge in [-0.15, -0.1) is 0 Å². The zero-order valence-corrected chi connectivity index (χ0v) is 29.9. The minimum atomic E-state index is -0.908. The summed E-state index contributed by atoms with van der Waals surface area (Å²) in [5.41, 5.74) is 8.44. The molecule has 8 heteroatoms. The summed E-state index contributed by atoms with van der Waals surface area (Å²) in [6.07, 6.45) is 1.92. The Labute approximate surface area is 309 Å². The fourth-order valence-corrected chi connectivity index (χ4v) is 7.85. The van der Waals surface area contributed by atoms with Gasteiger partial charge in [0.25, 0.3) is 5.56 Å². The van der Waals surface area contributed by atoms with Crippen LogP contribution in [0.2, 0.25) is 0 Å². The Morgan fingerprint density at radius 2 is 1.42 bits per heavy atom. The van der Waals surface area contributed by atoms with Crippen molar-refractivity contribution >= 4 is 29.1 Å². The topological polar surface area (TPSA) is 65.6 Å². The van der Waals surface area contributed by atoms with Crippen LogP contribution < -0.4 is 14.9 Å². The predicted molar refractivity (Wildman–Crippen MR) is 209 cm³/mol. The van der Waals surface area contributed by atoms with E-state index in [0.29, 0.717) is 26.2 Å². The molecule has 2 aromatic heterocycles. The third kappa shape index (κ3) is 6.38. The molecule has 7 aromatic rings. The van der Waals surface area contributed by atoms with Gasteiger partial charge in [0.05, 0.1) is 39.8 Å². The maximum absolute atomic E-state index is 14.8. The summed E-state index contributed by atoms with van der Waals surface area (Å²) in [7, 11) is 0. The van der Waals surface area contributed by atoms with Gasteiger partial charge in [0.1, 0.15) is 5.82 Å². The number of aryl methyl sites for hydroxylation is 1. The fraction of sp³-hybridized carbons (Fsp3) is 0.0889. The molecule has 6 nitrogen and oxygen atoms in total. The highest BCUT2D eigenvalue weighted by Crippen LogP contribution is 2.38. The Morgan fingerprint density at radius 1 is 0.811 bits per heavy atom. The lowest BCUT2D eigenvalue weighted by atomic mass is 9.93. The number of rotatable bonds is 8. The zero-order chi connectivity index (χ0) is 36.5. The summed E-state index contributed by atoms with van der Waals surface area (Å²) < 4.78 is 24.1. The monoisotopic (exact) mass is 715 g/mol. The van der Waals surface area contributed by atoms with Crippen LogP contribution in [-0.4, -0.2) is 21.7 Å². The highest BCUT2D eigenvalue weighted by Gasteiger charge is 2.35. The summed E-state index contributed by atoms with van der Waals surface area (Å²) in [4.78, 5) is 34.0. The molecule has 5 aromatic carbocycles. The summed E-state index contributed by atoms with van der Waals surface area (Å²) in [6, 6.07) is 45.2. The normalized spacial score (nSPS) is 14.2. The number of nitrogens with zero attached hydrogens (tertiary/aromatic N) is 3. The second-order valence-electron chi connectivity index (χ2n) is 12.7. The molecule has 0 saturated carbocycles. The molecule has 0 saturated heterocycles. The van der Waals surface area contributed by atoms with Crippen molar-refractivity contribution in [1.82, 2.24) is 9.13 Å². The van der Waals surface area contributed by atoms with Crippen LogP contribution in [0.15, 0.2) is 161 Å². The third-order valence-electron chi connectivity index (χ3n) is 9.29. The molecule has 0 aliphatic carbocycles. The lowest BCUT2D eigenvalue weighted by Crippen LogP contribution is -2.40. The number of esters is 1. The van der Waals surface area contributed by atoms with Gasteiger partial charge in [-0.3, -0.25) is 9.36 Å². The van der Waals surface area contributed by atoms with Crippen molar-refractivity contribution in [2.45, 2.75) is 19.9 Å². The number of hydrogen-bond acceptors (Lipinski definition) is 5. The van der Waals surface area contributed by atoms with Crippen molar-refractivity contribution < 1.29 is 13.9 Å². The van der Waals surface area contributed by atoms with E-state index in [1.807, 2.05) is 72.8 Å². The van der Waals surface area contributed by atoms with E-state index in [9.17, 15) is 14.0 Å². The molecule has 0 fully saturated rings. The number of aromatic nitrogens is 2. The largest absolute Gasteiger partial charge is 0.463 e. The third-order valence-corrected chi connectivity index (χ3v) is 10.3. The van der Waals surface area contributed by atoms with Crippen LogP contribution in [0.1, 0.15) is 35.2 Å². The molecule has 1 aliphatic rings. The molecule has 3 heterocycles. The SMILES string of the molecule is CCOC(=O)C1=C(c2ccccc2)N=c2s/c(=C\c3cc(-c4ccccc4)n(-c4ccc(C)cc4)c3-c3ccccc3)c(=O)n2[C@@H]1c1ccc(F)cc1. The van der Waals surface area contributed by atoms with Crippen LogP contribution in [0.4, 0.5) is 4.39 Å². The molecule has 0 bridgehead atoms. The molecule has 0 amide bonds. The number of fused-ring (bicyclic) bond motifs is 1.